The standard InChI is InChI=1S/C19H14FN3OS/c1-10-4-3-5-16-17(10)22-19(25-16)23-18(24)14-8-11(2)21-15-9-12(20)6-7-13(14)15/h3-9H,1-2H3,(H,22,23,24). The molecule has 2 aromatic carbocycles. The number of para-hydroxylation sites is 1. The lowest BCUT2D eigenvalue weighted by Gasteiger charge is -2.07. The average molecular weight is 351 g/mol. The molecule has 0 saturated carbocycles. The Balaban J connectivity index is 1.75. The van der Waals surface area contributed by atoms with Crippen LogP contribution in [0.1, 0.15) is 21.6 Å². The number of nitrogens with one attached hydrogen (secondary N) is 1. The van der Waals surface area contributed by atoms with Gasteiger partial charge < -0.3 is 0 Å². The highest BCUT2D eigenvalue weighted by Gasteiger charge is 2.15. The summed E-state index contributed by atoms with van der Waals surface area (Å²) in [5.41, 5.74) is 3.53. The summed E-state index contributed by atoms with van der Waals surface area (Å²) in [6.45, 7) is 3.77. The number of nitrogens with zero attached hydrogens (tertiary/aromatic N) is 2. The fourth-order valence-electron chi connectivity index (χ4n) is 2.83. The number of halogens is 1. The third-order valence-electron chi connectivity index (χ3n) is 3.99. The summed E-state index contributed by atoms with van der Waals surface area (Å²) in [6, 6.07) is 11.9. The van der Waals surface area contributed by atoms with E-state index in [2.05, 4.69) is 15.3 Å². The van der Waals surface area contributed by atoms with Gasteiger partial charge in [-0.05, 0) is 43.7 Å². The summed E-state index contributed by atoms with van der Waals surface area (Å²) in [7, 11) is 0. The lowest BCUT2D eigenvalue weighted by atomic mass is 10.1. The molecule has 0 saturated heterocycles. The largest absolute Gasteiger partial charge is 0.298 e. The molecule has 0 aliphatic heterocycles. The first kappa shape index (κ1) is 15.7. The molecule has 124 valence electrons. The molecule has 25 heavy (non-hydrogen) atoms. The van der Waals surface area contributed by atoms with Gasteiger partial charge in [-0.15, -0.1) is 0 Å². The molecule has 4 nitrogen and oxygen atoms in total. The molecule has 1 N–H and O–H groups in total. The maximum atomic E-state index is 13.5. The zero-order valence-corrected chi connectivity index (χ0v) is 14.4. The van der Waals surface area contributed by atoms with Crippen LogP contribution in [0.2, 0.25) is 0 Å². The minimum Gasteiger partial charge on any atom is -0.298 e. The first-order valence-corrected chi connectivity index (χ1v) is 8.57. The van der Waals surface area contributed by atoms with Gasteiger partial charge in [-0.25, -0.2) is 9.37 Å². The molecule has 0 spiro atoms. The number of amides is 1. The zero-order chi connectivity index (χ0) is 17.6. The van der Waals surface area contributed by atoms with E-state index in [1.165, 1.54) is 23.5 Å². The normalized spacial score (nSPS) is 11.2. The number of carbonyl (C=O) groups excluding carboxylic acids is 1. The Bertz CT molecular complexity index is 1130. The molecule has 4 rings (SSSR count). The van der Waals surface area contributed by atoms with Crippen LogP contribution in [0, 0.1) is 19.7 Å². The molecule has 0 unspecified atom stereocenters. The van der Waals surface area contributed by atoms with Crippen LogP contribution in [0.5, 0.6) is 0 Å². The summed E-state index contributed by atoms with van der Waals surface area (Å²) >= 11 is 1.43. The third-order valence-corrected chi connectivity index (χ3v) is 4.92. The Morgan fingerprint density at radius 2 is 1.96 bits per heavy atom. The van der Waals surface area contributed by atoms with E-state index in [9.17, 15) is 9.18 Å². The fraction of sp³-hybridized carbons (Fsp3) is 0.105. The highest BCUT2D eigenvalue weighted by Crippen LogP contribution is 2.29. The van der Waals surface area contributed by atoms with Crippen LogP contribution < -0.4 is 5.32 Å². The lowest BCUT2D eigenvalue weighted by molar-refractivity contribution is 0.102. The minimum atomic E-state index is -0.376. The molecule has 4 aromatic rings. The fourth-order valence-corrected chi connectivity index (χ4v) is 3.76. The van der Waals surface area contributed by atoms with Crippen LogP contribution in [0.4, 0.5) is 9.52 Å². The molecule has 0 aliphatic rings. The molecule has 2 aromatic heterocycles. The van der Waals surface area contributed by atoms with E-state index in [-0.39, 0.29) is 11.7 Å². The maximum absolute atomic E-state index is 13.5. The first-order chi connectivity index (χ1) is 12.0. The van der Waals surface area contributed by atoms with Gasteiger partial charge in [0, 0.05) is 17.1 Å². The quantitative estimate of drug-likeness (QED) is 0.561. The molecule has 0 bridgehead atoms. The number of aryl methyl sites for hydroxylation is 2. The Kier molecular flexibility index (Phi) is 3.69. The van der Waals surface area contributed by atoms with Crippen molar-refractivity contribution < 1.29 is 9.18 Å². The number of carbonyl (C=O) groups is 1. The van der Waals surface area contributed by atoms with Crippen molar-refractivity contribution in [1.29, 1.82) is 0 Å². The third kappa shape index (κ3) is 2.85. The number of benzene rings is 2. The monoisotopic (exact) mass is 351 g/mol. The van der Waals surface area contributed by atoms with Crippen molar-refractivity contribution in [1.82, 2.24) is 9.97 Å². The van der Waals surface area contributed by atoms with Gasteiger partial charge in [0.2, 0.25) is 0 Å². The van der Waals surface area contributed by atoms with Crippen molar-refractivity contribution in [2.24, 2.45) is 0 Å². The molecule has 2 heterocycles. The molecule has 0 radical (unpaired) electrons. The summed E-state index contributed by atoms with van der Waals surface area (Å²) in [5, 5.41) is 4.01. The van der Waals surface area contributed by atoms with Gasteiger partial charge in [0.25, 0.3) is 5.91 Å². The Morgan fingerprint density at radius 1 is 1.12 bits per heavy atom. The number of hydrogen-bond donors (Lipinski definition) is 1. The number of anilines is 1. The van der Waals surface area contributed by atoms with Gasteiger partial charge in [0.1, 0.15) is 5.82 Å². The molecular formula is C19H14FN3OS. The second kappa shape index (κ2) is 5.89. The summed E-state index contributed by atoms with van der Waals surface area (Å²) < 4.78 is 14.5. The zero-order valence-electron chi connectivity index (χ0n) is 13.6. The van der Waals surface area contributed by atoms with E-state index >= 15 is 0 Å². The summed E-state index contributed by atoms with van der Waals surface area (Å²) in [6.07, 6.45) is 0. The molecule has 0 fully saturated rings. The van der Waals surface area contributed by atoms with E-state index in [0.29, 0.717) is 27.3 Å². The van der Waals surface area contributed by atoms with Gasteiger partial charge in [-0.2, -0.15) is 0 Å². The maximum Gasteiger partial charge on any atom is 0.258 e. The number of fused-ring (bicyclic) bond motifs is 2. The Labute approximate surface area is 147 Å². The van der Waals surface area contributed by atoms with Crippen molar-refractivity contribution >= 4 is 43.5 Å². The molecule has 6 heteroatoms. The van der Waals surface area contributed by atoms with E-state index in [0.717, 1.165) is 15.8 Å². The number of rotatable bonds is 2. The molecule has 1 amide bonds. The lowest BCUT2D eigenvalue weighted by Crippen LogP contribution is -2.13. The van der Waals surface area contributed by atoms with Gasteiger partial charge in [-0.1, -0.05) is 23.5 Å². The minimum absolute atomic E-state index is 0.279. The van der Waals surface area contributed by atoms with Crippen LogP contribution in [0.3, 0.4) is 0 Å². The molecule has 0 atom stereocenters. The number of thiazole rings is 1. The smallest absolute Gasteiger partial charge is 0.258 e. The summed E-state index contributed by atoms with van der Waals surface area (Å²) in [5.74, 6) is -0.655. The van der Waals surface area contributed by atoms with Crippen molar-refractivity contribution in [3.63, 3.8) is 0 Å². The van der Waals surface area contributed by atoms with E-state index in [1.807, 2.05) is 25.1 Å². The molecular weight excluding hydrogens is 337 g/mol. The number of hydrogen-bond acceptors (Lipinski definition) is 4. The predicted octanol–water partition coefficient (Wildman–Crippen LogP) is 4.85. The average Bonchev–Trinajstić information content (AvgIpc) is 2.97. The van der Waals surface area contributed by atoms with Gasteiger partial charge >= 0.3 is 0 Å². The van der Waals surface area contributed by atoms with Crippen molar-refractivity contribution in [2.45, 2.75) is 13.8 Å². The SMILES string of the molecule is Cc1cc(C(=O)Nc2nc3c(C)cccc3s2)c2ccc(F)cc2n1. The van der Waals surface area contributed by atoms with Crippen LogP contribution in [-0.4, -0.2) is 15.9 Å². The second-order valence-corrected chi connectivity index (χ2v) is 6.90. The van der Waals surface area contributed by atoms with Crippen LogP contribution in [-0.2, 0) is 0 Å². The topological polar surface area (TPSA) is 54.9 Å². The predicted molar refractivity (Wildman–Crippen MR) is 98.7 cm³/mol. The van der Waals surface area contributed by atoms with Crippen molar-refractivity contribution in [2.75, 3.05) is 5.32 Å². The van der Waals surface area contributed by atoms with Gasteiger partial charge in [-0.3, -0.25) is 15.1 Å². The highest BCUT2D eigenvalue weighted by atomic mass is 32.1. The second-order valence-electron chi connectivity index (χ2n) is 5.87. The van der Waals surface area contributed by atoms with Crippen molar-refractivity contribution in [3.8, 4) is 0 Å². The van der Waals surface area contributed by atoms with E-state index < -0.39 is 0 Å². The molecule has 0 aliphatic carbocycles. The van der Waals surface area contributed by atoms with Gasteiger partial charge in [0.05, 0.1) is 21.3 Å². The van der Waals surface area contributed by atoms with Crippen molar-refractivity contribution in [3.05, 3.63) is 65.1 Å². The van der Waals surface area contributed by atoms with Crippen LogP contribution in [0.25, 0.3) is 21.1 Å². The van der Waals surface area contributed by atoms with Crippen LogP contribution in [0.15, 0.2) is 42.5 Å². The number of aromatic nitrogens is 2. The number of pyridine rings is 1. The Morgan fingerprint density at radius 3 is 2.76 bits per heavy atom. The van der Waals surface area contributed by atoms with Crippen LogP contribution >= 0.6 is 11.3 Å². The van der Waals surface area contributed by atoms with E-state index in [4.69, 9.17) is 0 Å². The van der Waals surface area contributed by atoms with E-state index in [1.54, 1.807) is 19.1 Å². The van der Waals surface area contributed by atoms with Gasteiger partial charge in [0.15, 0.2) is 5.13 Å². The summed E-state index contributed by atoms with van der Waals surface area (Å²) in [4.78, 5) is 21.6. The first-order valence-electron chi connectivity index (χ1n) is 7.76. The Hall–Kier alpha value is -2.86. The highest BCUT2D eigenvalue weighted by molar-refractivity contribution is 7.22.